The molecule has 0 fully saturated rings. The van der Waals surface area contributed by atoms with Crippen LogP contribution in [0, 0.1) is 13.8 Å². The first-order chi connectivity index (χ1) is 14.0. The van der Waals surface area contributed by atoms with Crippen molar-refractivity contribution in [2.75, 3.05) is 11.1 Å². The number of carbonyl (C=O) groups is 1. The average molecular weight is 405 g/mol. The Bertz CT molecular complexity index is 1230. The number of rotatable bonds is 5. The molecule has 0 atom stereocenters. The molecule has 2 N–H and O–H groups in total. The molecule has 2 aromatic heterocycles. The van der Waals surface area contributed by atoms with Crippen LogP contribution in [0.1, 0.15) is 11.1 Å². The number of nitrogens with zero attached hydrogens (tertiary/aromatic N) is 3. The summed E-state index contributed by atoms with van der Waals surface area (Å²) >= 11 is 1.24. The summed E-state index contributed by atoms with van der Waals surface area (Å²) < 4.78 is 1.50. The molecule has 0 radical (unpaired) electrons. The van der Waals surface area contributed by atoms with E-state index in [9.17, 15) is 9.59 Å². The number of nitrogens with one attached hydrogen (secondary N) is 2. The van der Waals surface area contributed by atoms with Crippen molar-refractivity contribution >= 4 is 29.0 Å². The van der Waals surface area contributed by atoms with Gasteiger partial charge in [0.1, 0.15) is 0 Å². The maximum Gasteiger partial charge on any atom is 0.266 e. The highest BCUT2D eigenvalue weighted by Crippen LogP contribution is 2.22. The van der Waals surface area contributed by atoms with E-state index in [1.54, 1.807) is 0 Å². The molecule has 4 rings (SSSR count). The fourth-order valence-electron chi connectivity index (χ4n) is 2.78. The molecule has 0 aliphatic rings. The largest absolute Gasteiger partial charge is 0.325 e. The Morgan fingerprint density at radius 2 is 1.69 bits per heavy atom. The highest BCUT2D eigenvalue weighted by Gasteiger charge is 2.13. The van der Waals surface area contributed by atoms with E-state index in [2.05, 4.69) is 20.4 Å². The second kappa shape index (κ2) is 7.92. The standard InChI is InChI=1S/C21H19N5O2S/c1-13-3-7-15(8-4-13)20-23-17-11-18(27)25-26(17)21(24-20)29-12-19(28)22-16-9-5-14(2)6-10-16/h3-11H,12H2,1-2H3,(H,22,28)(H,25,27). The molecular weight excluding hydrogens is 386 g/mol. The van der Waals surface area contributed by atoms with Gasteiger partial charge in [0, 0.05) is 17.3 Å². The van der Waals surface area contributed by atoms with Crippen molar-refractivity contribution in [1.82, 2.24) is 19.6 Å². The molecule has 2 aromatic carbocycles. The molecule has 7 nitrogen and oxygen atoms in total. The minimum Gasteiger partial charge on any atom is -0.325 e. The van der Waals surface area contributed by atoms with Gasteiger partial charge in [-0.25, -0.2) is 14.5 Å². The monoisotopic (exact) mass is 405 g/mol. The molecule has 0 bridgehead atoms. The SMILES string of the molecule is Cc1ccc(NC(=O)CSc2nc(-c3ccc(C)cc3)nc3cc(=O)[nH]n23)cc1. The molecule has 0 saturated heterocycles. The van der Waals surface area contributed by atoms with Gasteiger partial charge >= 0.3 is 0 Å². The molecular formula is C21H19N5O2S. The van der Waals surface area contributed by atoms with Crippen molar-refractivity contribution in [3.8, 4) is 11.4 Å². The molecule has 1 amide bonds. The third kappa shape index (κ3) is 4.38. The van der Waals surface area contributed by atoms with Crippen LogP contribution in [0.3, 0.4) is 0 Å². The number of anilines is 1. The van der Waals surface area contributed by atoms with Gasteiger partial charge in [0.05, 0.1) is 5.75 Å². The van der Waals surface area contributed by atoms with Crippen molar-refractivity contribution in [2.24, 2.45) is 0 Å². The molecule has 4 aromatic rings. The summed E-state index contributed by atoms with van der Waals surface area (Å²) in [5.74, 6) is 0.496. The number of hydrogen-bond donors (Lipinski definition) is 2. The molecule has 0 aliphatic heterocycles. The Morgan fingerprint density at radius 1 is 1.03 bits per heavy atom. The van der Waals surface area contributed by atoms with Crippen LogP contribution < -0.4 is 10.9 Å². The third-order valence-corrected chi connectivity index (χ3v) is 5.24. The van der Waals surface area contributed by atoms with Gasteiger partial charge < -0.3 is 5.32 Å². The number of aryl methyl sites for hydroxylation is 2. The number of hydrogen-bond acceptors (Lipinski definition) is 5. The quantitative estimate of drug-likeness (QED) is 0.496. The topological polar surface area (TPSA) is 92.2 Å². The molecule has 146 valence electrons. The van der Waals surface area contributed by atoms with E-state index in [0.29, 0.717) is 16.6 Å². The summed E-state index contributed by atoms with van der Waals surface area (Å²) in [6.07, 6.45) is 0. The second-order valence-corrected chi connectivity index (χ2v) is 7.66. The van der Waals surface area contributed by atoms with Crippen LogP contribution in [-0.4, -0.2) is 31.2 Å². The molecule has 29 heavy (non-hydrogen) atoms. The lowest BCUT2D eigenvalue weighted by molar-refractivity contribution is -0.113. The predicted octanol–water partition coefficient (Wildman–Crippen LogP) is 3.43. The summed E-state index contributed by atoms with van der Waals surface area (Å²) in [6, 6.07) is 16.8. The third-order valence-electron chi connectivity index (χ3n) is 4.30. The van der Waals surface area contributed by atoms with Gasteiger partial charge in [-0.2, -0.15) is 0 Å². The highest BCUT2D eigenvalue weighted by atomic mass is 32.2. The zero-order valence-corrected chi connectivity index (χ0v) is 16.8. The average Bonchev–Trinajstić information content (AvgIpc) is 3.08. The van der Waals surface area contributed by atoms with Crippen LogP contribution in [-0.2, 0) is 4.79 Å². The van der Waals surface area contributed by atoms with Gasteiger partial charge in [0.2, 0.25) is 5.91 Å². The van der Waals surface area contributed by atoms with Crippen LogP contribution in [0.4, 0.5) is 5.69 Å². The summed E-state index contributed by atoms with van der Waals surface area (Å²) in [6.45, 7) is 4.00. The maximum atomic E-state index is 12.3. The zero-order chi connectivity index (χ0) is 20.4. The Balaban J connectivity index is 1.58. The van der Waals surface area contributed by atoms with Gasteiger partial charge in [-0.1, -0.05) is 59.3 Å². The normalized spacial score (nSPS) is 11.0. The number of H-pyrrole nitrogens is 1. The number of thioether (sulfide) groups is 1. The van der Waals surface area contributed by atoms with Gasteiger partial charge in [-0.15, -0.1) is 0 Å². The first kappa shape index (κ1) is 18.9. The first-order valence-electron chi connectivity index (χ1n) is 9.04. The maximum absolute atomic E-state index is 12.3. The Kier molecular flexibility index (Phi) is 5.18. The predicted molar refractivity (Wildman–Crippen MR) is 114 cm³/mol. The Morgan fingerprint density at radius 3 is 2.38 bits per heavy atom. The van der Waals surface area contributed by atoms with Crippen LogP contribution in [0.25, 0.3) is 17.0 Å². The van der Waals surface area contributed by atoms with Crippen LogP contribution in [0.2, 0.25) is 0 Å². The molecule has 2 heterocycles. The smallest absolute Gasteiger partial charge is 0.266 e. The van der Waals surface area contributed by atoms with E-state index in [0.717, 1.165) is 22.4 Å². The van der Waals surface area contributed by atoms with Crippen molar-refractivity contribution in [1.29, 1.82) is 0 Å². The van der Waals surface area contributed by atoms with E-state index in [-0.39, 0.29) is 17.2 Å². The number of carbonyl (C=O) groups excluding carboxylic acids is 1. The van der Waals surface area contributed by atoms with Gasteiger partial charge in [0.15, 0.2) is 16.6 Å². The second-order valence-electron chi connectivity index (χ2n) is 6.71. The molecule has 0 saturated carbocycles. The summed E-state index contributed by atoms with van der Waals surface area (Å²) in [5, 5.41) is 6.03. The minimum atomic E-state index is -0.272. The van der Waals surface area contributed by atoms with Crippen molar-refractivity contribution in [2.45, 2.75) is 19.0 Å². The lowest BCUT2D eigenvalue weighted by atomic mass is 10.1. The van der Waals surface area contributed by atoms with Gasteiger partial charge in [-0.05, 0) is 26.0 Å². The number of aromatic nitrogens is 4. The lowest BCUT2D eigenvalue weighted by Gasteiger charge is -2.08. The fourth-order valence-corrected chi connectivity index (χ4v) is 3.53. The summed E-state index contributed by atoms with van der Waals surface area (Å²) in [4.78, 5) is 33.2. The van der Waals surface area contributed by atoms with Crippen LogP contribution >= 0.6 is 11.8 Å². The lowest BCUT2D eigenvalue weighted by Crippen LogP contribution is -2.15. The Labute approximate surface area is 171 Å². The molecule has 0 unspecified atom stereocenters. The van der Waals surface area contributed by atoms with Crippen molar-refractivity contribution in [3.63, 3.8) is 0 Å². The summed E-state index contributed by atoms with van der Waals surface area (Å²) in [7, 11) is 0. The van der Waals surface area contributed by atoms with E-state index < -0.39 is 0 Å². The van der Waals surface area contributed by atoms with Crippen LogP contribution in [0.15, 0.2) is 64.5 Å². The van der Waals surface area contributed by atoms with E-state index in [1.165, 1.54) is 22.3 Å². The number of fused-ring (bicyclic) bond motifs is 1. The van der Waals surface area contributed by atoms with Crippen molar-refractivity contribution in [3.05, 3.63) is 76.1 Å². The number of benzene rings is 2. The highest BCUT2D eigenvalue weighted by molar-refractivity contribution is 7.99. The van der Waals surface area contributed by atoms with Crippen LogP contribution in [0.5, 0.6) is 0 Å². The molecule has 0 spiro atoms. The molecule has 0 aliphatic carbocycles. The number of aromatic amines is 1. The van der Waals surface area contributed by atoms with E-state index in [1.807, 2.05) is 62.4 Å². The van der Waals surface area contributed by atoms with Gasteiger partial charge in [0.25, 0.3) is 5.56 Å². The first-order valence-corrected chi connectivity index (χ1v) is 10.0. The van der Waals surface area contributed by atoms with Gasteiger partial charge in [-0.3, -0.25) is 14.7 Å². The van der Waals surface area contributed by atoms with E-state index >= 15 is 0 Å². The summed E-state index contributed by atoms with van der Waals surface area (Å²) in [5.41, 5.74) is 4.03. The minimum absolute atomic E-state index is 0.146. The zero-order valence-electron chi connectivity index (χ0n) is 16.0. The fraction of sp³-hybridized carbons (Fsp3) is 0.143. The van der Waals surface area contributed by atoms with E-state index in [4.69, 9.17) is 0 Å². The molecule has 8 heteroatoms. The Hall–Kier alpha value is -3.39. The number of amides is 1. The van der Waals surface area contributed by atoms with Crippen molar-refractivity contribution < 1.29 is 4.79 Å².